The van der Waals surface area contributed by atoms with Crippen molar-refractivity contribution in [1.29, 1.82) is 10.5 Å². The Kier molecular flexibility index (Phi) is 20.4. The molecule has 1 N–H and O–H groups in total. The molecule has 36 heavy (non-hydrogen) atoms. The zero-order valence-electron chi connectivity index (χ0n) is 22.2. The minimum atomic E-state index is -0.867. The molecule has 0 fully saturated rings. The van der Waals surface area contributed by atoms with Crippen LogP contribution < -0.4 is 29.6 Å². The predicted molar refractivity (Wildman–Crippen MR) is 153 cm³/mol. The summed E-state index contributed by atoms with van der Waals surface area (Å²) >= 11 is 6.74. The molecular formula is C28H32N2NaO2S3+. The summed E-state index contributed by atoms with van der Waals surface area (Å²) in [5.41, 5.74) is 6.28. The van der Waals surface area contributed by atoms with Crippen LogP contribution in [0.25, 0.3) is 0 Å². The molecule has 3 rings (SSSR count). The Morgan fingerprint density at radius 1 is 0.694 bits per heavy atom. The summed E-state index contributed by atoms with van der Waals surface area (Å²) in [6.45, 7) is 7.88. The monoisotopic (exact) mass is 547 g/mol. The standard InChI is InChI=1S/C9H9NS.C9H9N.C9H10O2S.CH4S.Na/c1-7-3-8(6-10)5-9(4-7)11-2;1-7-3-8(2)5-9(4-7)6-10;1-6-3-7(9(10)11)5-8(4-6)12-2;1-2;/h3-5H,1-2H3;3-5H,1-2H3;3-5H,1-2H3,(H,10,11);2H,1H3;/q;;;;+1. The molecule has 0 heterocycles. The van der Waals surface area contributed by atoms with Crippen LogP contribution in [-0.2, 0) is 0 Å². The number of nitriles is 2. The molecule has 8 heteroatoms. The molecule has 3 aromatic rings. The number of carboxylic acids is 1. The number of thiol groups is 1. The van der Waals surface area contributed by atoms with E-state index in [0.717, 1.165) is 43.2 Å². The smallest absolute Gasteiger partial charge is 0.478 e. The van der Waals surface area contributed by atoms with Crippen LogP contribution in [0.3, 0.4) is 0 Å². The first kappa shape index (κ1) is 36.3. The van der Waals surface area contributed by atoms with Gasteiger partial charge in [0, 0.05) is 9.79 Å². The molecule has 4 nitrogen and oxygen atoms in total. The van der Waals surface area contributed by atoms with E-state index in [1.165, 1.54) is 0 Å². The van der Waals surface area contributed by atoms with Crippen LogP contribution in [0.4, 0.5) is 0 Å². The van der Waals surface area contributed by atoms with Crippen LogP contribution in [0, 0.1) is 50.4 Å². The molecule has 0 aliphatic heterocycles. The molecule has 0 saturated carbocycles. The minimum Gasteiger partial charge on any atom is -0.478 e. The third kappa shape index (κ3) is 14.7. The Hall–Kier alpha value is -1.84. The van der Waals surface area contributed by atoms with E-state index in [4.69, 9.17) is 15.6 Å². The maximum Gasteiger partial charge on any atom is 1.00 e. The second kappa shape index (κ2) is 20.2. The third-order valence-electron chi connectivity index (χ3n) is 4.30. The molecule has 184 valence electrons. The zero-order chi connectivity index (χ0) is 27.0. The van der Waals surface area contributed by atoms with Crippen molar-refractivity contribution in [2.45, 2.75) is 37.5 Å². The number of rotatable bonds is 3. The quantitative estimate of drug-likeness (QED) is 0.280. The Bertz CT molecular complexity index is 1180. The fourth-order valence-corrected chi connectivity index (χ4v) is 4.06. The number of hydrogen-bond donors (Lipinski definition) is 2. The van der Waals surface area contributed by atoms with E-state index >= 15 is 0 Å². The molecule has 0 aliphatic carbocycles. The topological polar surface area (TPSA) is 84.9 Å². The van der Waals surface area contributed by atoms with Crippen molar-refractivity contribution in [3.63, 3.8) is 0 Å². The normalized spacial score (nSPS) is 8.72. The van der Waals surface area contributed by atoms with Crippen molar-refractivity contribution in [3.8, 4) is 12.1 Å². The summed E-state index contributed by atoms with van der Waals surface area (Å²) in [6.07, 6.45) is 5.64. The number of aryl methyl sites for hydroxylation is 4. The zero-order valence-corrected chi connectivity index (χ0v) is 26.7. The third-order valence-corrected chi connectivity index (χ3v) is 5.71. The van der Waals surface area contributed by atoms with E-state index in [0.29, 0.717) is 5.56 Å². The van der Waals surface area contributed by atoms with Gasteiger partial charge in [0.15, 0.2) is 0 Å². The summed E-state index contributed by atoms with van der Waals surface area (Å²) in [7, 11) is 0. The van der Waals surface area contributed by atoms with Gasteiger partial charge in [-0.3, -0.25) is 0 Å². The predicted octanol–water partition coefficient (Wildman–Crippen LogP) is 4.73. The molecule has 3 aromatic carbocycles. The molecule has 0 amide bonds. The van der Waals surface area contributed by atoms with Gasteiger partial charge in [-0.1, -0.05) is 6.07 Å². The maximum absolute atomic E-state index is 10.6. The molecule has 0 atom stereocenters. The molecular weight excluding hydrogens is 516 g/mol. The van der Waals surface area contributed by atoms with E-state index in [1.807, 2.05) is 70.5 Å². The Labute approximate surface area is 252 Å². The van der Waals surface area contributed by atoms with Gasteiger partial charge in [-0.2, -0.15) is 23.2 Å². The van der Waals surface area contributed by atoms with Gasteiger partial charge in [-0.05, 0) is 117 Å². The van der Waals surface area contributed by atoms with Crippen LogP contribution in [-0.4, -0.2) is 29.8 Å². The number of nitrogens with zero attached hydrogens (tertiary/aromatic N) is 2. The van der Waals surface area contributed by atoms with E-state index < -0.39 is 5.97 Å². The first-order valence-corrected chi connectivity index (χ1v) is 13.8. The van der Waals surface area contributed by atoms with Crippen molar-refractivity contribution in [2.75, 3.05) is 18.8 Å². The number of carbonyl (C=O) groups is 1. The second-order valence-corrected chi connectivity index (χ2v) is 9.14. The molecule has 0 bridgehead atoms. The van der Waals surface area contributed by atoms with Gasteiger partial charge in [0.1, 0.15) is 0 Å². The fourth-order valence-electron chi connectivity index (χ4n) is 2.96. The fraction of sp³-hybridized carbons (Fsp3) is 0.250. The van der Waals surface area contributed by atoms with Gasteiger partial charge in [0.2, 0.25) is 0 Å². The first-order valence-electron chi connectivity index (χ1n) is 10.5. The van der Waals surface area contributed by atoms with Crippen molar-refractivity contribution < 1.29 is 39.5 Å². The van der Waals surface area contributed by atoms with Gasteiger partial charge >= 0.3 is 35.5 Å². The minimum absolute atomic E-state index is 0. The number of aromatic carboxylic acids is 1. The Morgan fingerprint density at radius 2 is 1.06 bits per heavy atom. The summed E-state index contributed by atoms with van der Waals surface area (Å²) in [5.74, 6) is -0.867. The summed E-state index contributed by atoms with van der Waals surface area (Å²) in [5, 5.41) is 25.9. The summed E-state index contributed by atoms with van der Waals surface area (Å²) in [4.78, 5) is 12.8. The molecule has 0 saturated heterocycles. The van der Waals surface area contributed by atoms with Crippen LogP contribution >= 0.6 is 36.2 Å². The Balaban J connectivity index is 0. The largest absolute Gasteiger partial charge is 1.00 e. The van der Waals surface area contributed by atoms with Gasteiger partial charge in [0.05, 0.1) is 28.8 Å². The van der Waals surface area contributed by atoms with Crippen molar-refractivity contribution in [3.05, 3.63) is 93.5 Å². The van der Waals surface area contributed by atoms with Gasteiger partial charge in [-0.15, -0.1) is 23.5 Å². The molecule has 0 unspecified atom stereocenters. The van der Waals surface area contributed by atoms with Gasteiger partial charge in [-0.25, -0.2) is 4.79 Å². The average Bonchev–Trinajstić information content (AvgIpc) is 2.84. The van der Waals surface area contributed by atoms with Crippen molar-refractivity contribution >= 4 is 42.1 Å². The van der Waals surface area contributed by atoms with E-state index in [-0.39, 0.29) is 29.6 Å². The molecule has 0 radical (unpaired) electrons. The van der Waals surface area contributed by atoms with E-state index in [2.05, 4.69) is 36.9 Å². The Morgan fingerprint density at radius 3 is 1.44 bits per heavy atom. The summed E-state index contributed by atoms with van der Waals surface area (Å²) in [6, 6.07) is 21.2. The number of hydrogen-bond acceptors (Lipinski definition) is 6. The number of carboxylic acid groups (broad SMARTS) is 1. The first-order chi connectivity index (χ1) is 16.6. The molecule has 0 aromatic heterocycles. The molecule has 0 spiro atoms. The van der Waals surface area contributed by atoms with Crippen LogP contribution in [0.2, 0.25) is 0 Å². The van der Waals surface area contributed by atoms with Crippen molar-refractivity contribution in [2.24, 2.45) is 0 Å². The average molecular weight is 548 g/mol. The summed E-state index contributed by atoms with van der Waals surface area (Å²) < 4.78 is 0. The maximum atomic E-state index is 10.6. The molecule has 0 aliphatic rings. The van der Waals surface area contributed by atoms with E-state index in [9.17, 15) is 4.79 Å². The SMILES string of the molecule is CS.CSc1cc(C)cc(C#N)c1.CSc1cc(C)cc(C(=O)O)c1.Cc1cc(C)cc(C#N)c1.[Na+]. The van der Waals surface area contributed by atoms with E-state index in [1.54, 1.807) is 41.9 Å². The van der Waals surface area contributed by atoms with Crippen LogP contribution in [0.5, 0.6) is 0 Å². The van der Waals surface area contributed by atoms with Gasteiger partial charge in [0.25, 0.3) is 0 Å². The van der Waals surface area contributed by atoms with Crippen molar-refractivity contribution in [1.82, 2.24) is 0 Å². The van der Waals surface area contributed by atoms with Crippen LogP contribution in [0.15, 0.2) is 64.4 Å². The number of benzene rings is 3. The second-order valence-electron chi connectivity index (χ2n) is 7.38. The van der Waals surface area contributed by atoms with Crippen LogP contribution in [0.1, 0.15) is 43.7 Å². The number of thioether (sulfide) groups is 2. The van der Waals surface area contributed by atoms with Gasteiger partial charge < -0.3 is 5.11 Å².